The molecule has 7 heteroatoms. The molecule has 3 rings (SSSR count). The highest BCUT2D eigenvalue weighted by Gasteiger charge is 2.30. The van der Waals surface area contributed by atoms with E-state index < -0.39 is 5.60 Å². The number of carbonyl (C=O) groups excluding carboxylic acids is 2. The molecule has 0 aliphatic carbocycles. The first-order valence-corrected chi connectivity index (χ1v) is 9.06. The molecule has 0 atom stereocenters. The molecule has 0 saturated carbocycles. The summed E-state index contributed by atoms with van der Waals surface area (Å²) in [6, 6.07) is 5.85. The van der Waals surface area contributed by atoms with E-state index in [0.717, 1.165) is 28.1 Å². The minimum absolute atomic E-state index is 0.287. The molecule has 2 amide bonds. The van der Waals surface area contributed by atoms with Gasteiger partial charge in [-0.2, -0.15) is 5.10 Å². The van der Waals surface area contributed by atoms with Gasteiger partial charge >= 0.3 is 6.09 Å². The van der Waals surface area contributed by atoms with E-state index in [-0.39, 0.29) is 12.0 Å². The van der Waals surface area contributed by atoms with Crippen molar-refractivity contribution in [3.63, 3.8) is 0 Å². The first-order chi connectivity index (χ1) is 12.6. The summed E-state index contributed by atoms with van der Waals surface area (Å²) in [5.41, 5.74) is 4.27. The molecule has 0 spiro atoms. The van der Waals surface area contributed by atoms with Crippen molar-refractivity contribution in [2.45, 2.75) is 53.2 Å². The van der Waals surface area contributed by atoms with Gasteiger partial charge in [0.1, 0.15) is 5.60 Å². The van der Waals surface area contributed by atoms with E-state index in [4.69, 9.17) is 4.74 Å². The third-order valence-corrected chi connectivity index (χ3v) is 4.43. The molecule has 0 fully saturated rings. The topological polar surface area (TPSA) is 87.3 Å². The van der Waals surface area contributed by atoms with Crippen LogP contribution in [-0.2, 0) is 17.7 Å². The van der Waals surface area contributed by atoms with Crippen LogP contribution in [0.4, 0.5) is 10.5 Å². The third-order valence-electron chi connectivity index (χ3n) is 4.43. The van der Waals surface area contributed by atoms with Crippen LogP contribution in [0, 0.1) is 13.8 Å². The van der Waals surface area contributed by atoms with Gasteiger partial charge in [0.05, 0.1) is 6.54 Å². The average molecular weight is 370 g/mol. The number of fused-ring (bicyclic) bond motifs is 1. The maximum atomic E-state index is 12.8. The maximum absolute atomic E-state index is 12.8. The first-order valence-electron chi connectivity index (χ1n) is 9.06. The van der Waals surface area contributed by atoms with Crippen molar-refractivity contribution in [2.24, 2.45) is 0 Å². The van der Waals surface area contributed by atoms with Gasteiger partial charge in [-0.3, -0.25) is 9.89 Å². The molecule has 2 heterocycles. The Morgan fingerprint density at radius 1 is 1.26 bits per heavy atom. The van der Waals surface area contributed by atoms with Crippen molar-refractivity contribution in [1.29, 1.82) is 0 Å². The van der Waals surface area contributed by atoms with Gasteiger partial charge in [0.25, 0.3) is 5.91 Å². The minimum atomic E-state index is -0.559. The third kappa shape index (κ3) is 4.30. The zero-order valence-corrected chi connectivity index (χ0v) is 16.5. The molecule has 2 N–H and O–H groups in total. The zero-order chi connectivity index (χ0) is 19.8. The molecule has 0 unspecified atom stereocenters. The highest BCUT2D eigenvalue weighted by molar-refractivity contribution is 6.04. The number of amides is 2. The fraction of sp³-hybridized carbons (Fsp3) is 0.450. The average Bonchev–Trinajstić information content (AvgIpc) is 2.99. The number of anilines is 1. The molecule has 144 valence electrons. The van der Waals surface area contributed by atoms with Crippen LogP contribution in [0.2, 0.25) is 0 Å². The number of ether oxygens (including phenoxy) is 1. The van der Waals surface area contributed by atoms with Crippen LogP contribution < -0.4 is 5.32 Å². The van der Waals surface area contributed by atoms with Crippen molar-refractivity contribution in [3.8, 4) is 0 Å². The van der Waals surface area contributed by atoms with E-state index in [1.54, 1.807) is 4.90 Å². The molecule has 1 aliphatic rings. The predicted octanol–water partition coefficient (Wildman–Crippen LogP) is 3.57. The van der Waals surface area contributed by atoms with E-state index in [9.17, 15) is 9.59 Å². The second kappa shape index (κ2) is 7.06. The Hall–Kier alpha value is -2.83. The molecular weight excluding hydrogens is 344 g/mol. The van der Waals surface area contributed by atoms with Crippen molar-refractivity contribution in [2.75, 3.05) is 11.9 Å². The van der Waals surface area contributed by atoms with Crippen LogP contribution in [0.1, 0.15) is 53.6 Å². The van der Waals surface area contributed by atoms with Gasteiger partial charge in [-0.05, 0) is 46.2 Å². The van der Waals surface area contributed by atoms with E-state index in [0.29, 0.717) is 25.2 Å². The monoisotopic (exact) mass is 370 g/mol. The van der Waals surface area contributed by atoms with Gasteiger partial charge in [0.2, 0.25) is 0 Å². The maximum Gasteiger partial charge on any atom is 0.410 e. The van der Waals surface area contributed by atoms with E-state index >= 15 is 0 Å². The van der Waals surface area contributed by atoms with Crippen molar-refractivity contribution >= 4 is 17.7 Å². The number of aromatic nitrogens is 2. The molecule has 0 bridgehead atoms. The Kier molecular flexibility index (Phi) is 4.95. The van der Waals surface area contributed by atoms with E-state index in [1.165, 1.54) is 0 Å². The van der Waals surface area contributed by atoms with Crippen molar-refractivity contribution in [3.05, 3.63) is 46.3 Å². The van der Waals surface area contributed by atoms with Gasteiger partial charge in [0, 0.05) is 29.9 Å². The van der Waals surface area contributed by atoms with Gasteiger partial charge in [-0.15, -0.1) is 0 Å². The number of nitrogens with one attached hydrogen (secondary N) is 2. The van der Waals surface area contributed by atoms with Crippen LogP contribution in [0.25, 0.3) is 0 Å². The van der Waals surface area contributed by atoms with Crippen molar-refractivity contribution < 1.29 is 14.3 Å². The molecule has 27 heavy (non-hydrogen) atoms. The normalized spacial score (nSPS) is 13.9. The Bertz CT molecular complexity index is 880. The quantitative estimate of drug-likeness (QED) is 0.846. The number of hydrogen-bond donors (Lipinski definition) is 2. The molecule has 7 nitrogen and oxygen atoms in total. The highest BCUT2D eigenvalue weighted by Crippen LogP contribution is 2.24. The van der Waals surface area contributed by atoms with Crippen LogP contribution in [0.3, 0.4) is 0 Å². The second-order valence-corrected chi connectivity index (χ2v) is 7.95. The second-order valence-electron chi connectivity index (χ2n) is 7.95. The summed E-state index contributed by atoms with van der Waals surface area (Å²) < 4.78 is 5.45. The molecule has 1 aliphatic heterocycles. The number of aryl methyl sites for hydroxylation is 2. The summed E-state index contributed by atoms with van der Waals surface area (Å²) in [7, 11) is 0. The lowest BCUT2D eigenvalue weighted by molar-refractivity contribution is 0.0222. The molecule has 2 aromatic rings. The summed E-state index contributed by atoms with van der Waals surface area (Å²) in [5, 5.41) is 10.0. The Labute approximate surface area is 159 Å². The number of aromatic amines is 1. The van der Waals surface area contributed by atoms with Crippen LogP contribution >= 0.6 is 0 Å². The van der Waals surface area contributed by atoms with Gasteiger partial charge in [-0.1, -0.05) is 17.7 Å². The molecule has 1 aromatic heterocycles. The largest absolute Gasteiger partial charge is 0.444 e. The number of benzene rings is 1. The lowest BCUT2D eigenvalue weighted by Gasteiger charge is -2.30. The van der Waals surface area contributed by atoms with E-state index in [1.807, 2.05) is 52.8 Å². The smallest absolute Gasteiger partial charge is 0.410 e. The molecule has 0 radical (unpaired) electrons. The number of rotatable bonds is 2. The number of hydrogen-bond acceptors (Lipinski definition) is 4. The van der Waals surface area contributed by atoms with Crippen LogP contribution in [0.15, 0.2) is 18.2 Å². The fourth-order valence-corrected chi connectivity index (χ4v) is 3.10. The van der Waals surface area contributed by atoms with Crippen LogP contribution in [-0.4, -0.2) is 39.2 Å². The zero-order valence-electron chi connectivity index (χ0n) is 16.5. The minimum Gasteiger partial charge on any atom is -0.444 e. The van der Waals surface area contributed by atoms with E-state index in [2.05, 4.69) is 15.5 Å². The van der Waals surface area contributed by atoms with Gasteiger partial charge in [-0.25, -0.2) is 4.79 Å². The van der Waals surface area contributed by atoms with Gasteiger partial charge in [0.15, 0.2) is 5.69 Å². The lowest BCUT2D eigenvalue weighted by atomic mass is 10.0. The predicted molar refractivity (Wildman–Crippen MR) is 103 cm³/mol. The Morgan fingerprint density at radius 3 is 2.67 bits per heavy atom. The summed E-state index contributed by atoms with van der Waals surface area (Å²) in [6.45, 7) is 10.3. The number of nitrogens with zero attached hydrogens (tertiary/aromatic N) is 2. The molecule has 0 saturated heterocycles. The summed E-state index contributed by atoms with van der Waals surface area (Å²) in [4.78, 5) is 26.7. The molecular formula is C20H26N4O3. The van der Waals surface area contributed by atoms with Crippen LogP contribution in [0.5, 0.6) is 0 Å². The summed E-state index contributed by atoms with van der Waals surface area (Å²) in [5.74, 6) is -0.287. The molecule has 1 aromatic carbocycles. The summed E-state index contributed by atoms with van der Waals surface area (Å²) in [6.07, 6.45) is 0.230. The fourth-order valence-electron chi connectivity index (χ4n) is 3.10. The number of H-pyrrole nitrogens is 1. The SMILES string of the molecule is Cc1ccc(NC(=O)c2n[nH]c3c2CN(C(=O)OC(C)(C)C)CC3)c(C)c1. The lowest BCUT2D eigenvalue weighted by Crippen LogP contribution is -2.40. The van der Waals surface area contributed by atoms with Crippen molar-refractivity contribution in [1.82, 2.24) is 15.1 Å². The Morgan fingerprint density at radius 2 is 2.00 bits per heavy atom. The summed E-state index contributed by atoms with van der Waals surface area (Å²) >= 11 is 0. The number of carbonyl (C=O) groups is 2. The standard InChI is InChI=1S/C20H26N4O3/c1-12-6-7-15(13(2)10-12)21-18(25)17-14-11-24(9-8-16(14)22-23-17)19(26)27-20(3,4)5/h6-7,10H,8-9,11H2,1-5H3,(H,21,25)(H,22,23). The highest BCUT2D eigenvalue weighted by atomic mass is 16.6. The Balaban J connectivity index is 1.77. The first kappa shape index (κ1) is 18.9. The van der Waals surface area contributed by atoms with Gasteiger partial charge < -0.3 is 15.0 Å².